The smallest absolute Gasteiger partial charge is 0.325 e. The summed E-state index contributed by atoms with van der Waals surface area (Å²) >= 11 is 0. The average molecular weight is 556 g/mol. The molecule has 1 aliphatic rings. The third-order valence-electron chi connectivity index (χ3n) is 7.44. The summed E-state index contributed by atoms with van der Waals surface area (Å²) in [5.41, 5.74) is -1.45. The summed E-state index contributed by atoms with van der Waals surface area (Å²) in [6.45, 7) is 8.66. The highest BCUT2D eigenvalue weighted by Crippen LogP contribution is 2.40. The van der Waals surface area contributed by atoms with E-state index in [1.165, 1.54) is 6.20 Å². The van der Waals surface area contributed by atoms with Gasteiger partial charge in [-0.2, -0.15) is 5.06 Å². The molecule has 3 aromatic rings. The van der Waals surface area contributed by atoms with Crippen LogP contribution in [0.3, 0.4) is 0 Å². The summed E-state index contributed by atoms with van der Waals surface area (Å²) in [5, 5.41) is 13.7. The van der Waals surface area contributed by atoms with Crippen molar-refractivity contribution in [2.24, 2.45) is 0 Å². The molecule has 210 valence electrons. The van der Waals surface area contributed by atoms with Gasteiger partial charge in [0.05, 0.1) is 18.2 Å². The molecule has 8 nitrogen and oxygen atoms in total. The Morgan fingerprint density at radius 3 is 2.15 bits per heavy atom. The molecule has 0 bridgehead atoms. The Morgan fingerprint density at radius 1 is 1.05 bits per heavy atom. The van der Waals surface area contributed by atoms with E-state index in [9.17, 15) is 14.8 Å². The van der Waals surface area contributed by atoms with Crippen LogP contribution in [0.4, 0.5) is 4.39 Å². The summed E-state index contributed by atoms with van der Waals surface area (Å²) in [4.78, 5) is 28.6. The van der Waals surface area contributed by atoms with Crippen molar-refractivity contribution in [2.45, 2.75) is 70.0 Å². The molecule has 0 amide bonds. The summed E-state index contributed by atoms with van der Waals surface area (Å²) in [7, 11) is -2.97. The highest BCUT2D eigenvalue weighted by atomic mass is 28.4. The predicted octanol–water partition coefficient (Wildman–Crippen LogP) is 3.28. The van der Waals surface area contributed by atoms with Crippen molar-refractivity contribution >= 4 is 18.7 Å². The topological polar surface area (TPSA) is 108 Å². The summed E-state index contributed by atoms with van der Waals surface area (Å²) in [6.07, 6.45) is -1.24. The van der Waals surface area contributed by atoms with E-state index in [0.717, 1.165) is 21.9 Å². The Labute approximate surface area is 228 Å². The Kier molecular flexibility index (Phi) is 9.02. The van der Waals surface area contributed by atoms with Crippen LogP contribution < -0.4 is 21.6 Å². The number of hydrogen-bond acceptors (Lipinski definition) is 6. The maximum absolute atomic E-state index is 16.0. The number of nitrogens with one attached hydrogen (secondary N) is 2. The third-order valence-corrected chi connectivity index (χ3v) is 12.4. The monoisotopic (exact) mass is 555 g/mol. The number of unbranched alkanes of at least 4 members (excludes halogenated alkanes) is 1. The third kappa shape index (κ3) is 5.85. The van der Waals surface area contributed by atoms with E-state index in [1.807, 2.05) is 43.3 Å². The van der Waals surface area contributed by atoms with E-state index in [0.29, 0.717) is 6.42 Å². The molecular weight excluding hydrogens is 517 g/mol. The van der Waals surface area contributed by atoms with Crippen molar-refractivity contribution in [3.63, 3.8) is 0 Å². The Balaban J connectivity index is 1.74. The fourth-order valence-corrected chi connectivity index (χ4v) is 10.1. The first-order chi connectivity index (χ1) is 18.6. The van der Waals surface area contributed by atoms with Crippen LogP contribution in [0.5, 0.6) is 0 Å². The molecule has 4 atom stereocenters. The zero-order chi connectivity index (χ0) is 28.2. The van der Waals surface area contributed by atoms with E-state index in [4.69, 9.17) is 9.16 Å². The van der Waals surface area contributed by atoms with E-state index in [2.05, 4.69) is 55.0 Å². The zero-order valence-electron chi connectivity index (χ0n) is 22.9. The van der Waals surface area contributed by atoms with Crippen LogP contribution in [0.25, 0.3) is 0 Å². The number of aromatic amines is 2. The van der Waals surface area contributed by atoms with Gasteiger partial charge in [-0.25, -0.2) is 9.18 Å². The molecule has 39 heavy (non-hydrogen) atoms. The lowest BCUT2D eigenvalue weighted by atomic mass is 10.0. The quantitative estimate of drug-likeness (QED) is 0.262. The molecule has 2 heterocycles. The first-order valence-corrected chi connectivity index (χ1v) is 15.3. The number of alkyl halides is 1. The molecule has 4 rings (SSSR count). The second-order valence-corrected chi connectivity index (χ2v) is 15.4. The fourth-order valence-electron chi connectivity index (χ4n) is 5.54. The maximum atomic E-state index is 16.0. The Morgan fingerprint density at radius 2 is 1.64 bits per heavy atom. The normalized spacial score (nSPS) is 21.9. The van der Waals surface area contributed by atoms with Gasteiger partial charge in [0.15, 0.2) is 6.17 Å². The molecule has 0 radical (unpaired) electrons. The summed E-state index contributed by atoms with van der Waals surface area (Å²) in [5.74, 6) is 0. The van der Waals surface area contributed by atoms with Gasteiger partial charge in [0.25, 0.3) is 13.9 Å². The molecule has 0 saturated carbocycles. The summed E-state index contributed by atoms with van der Waals surface area (Å²) in [6, 6.07) is 19.1. The Hall–Kier alpha value is -2.89. The number of aromatic nitrogens is 2. The Bertz CT molecular complexity index is 1290. The second kappa shape index (κ2) is 12.1. The molecule has 0 unspecified atom stereocenters. The maximum Gasteiger partial charge on any atom is 0.325 e. The highest BCUT2D eigenvalue weighted by molar-refractivity contribution is 6.99. The highest BCUT2D eigenvalue weighted by Gasteiger charge is 2.54. The molecule has 1 aliphatic heterocycles. The van der Waals surface area contributed by atoms with E-state index in [1.54, 1.807) is 0 Å². The van der Waals surface area contributed by atoms with Gasteiger partial charge in [0.1, 0.15) is 12.2 Å². The van der Waals surface area contributed by atoms with E-state index in [-0.39, 0.29) is 23.8 Å². The molecule has 1 aromatic heterocycles. The van der Waals surface area contributed by atoms with Crippen molar-refractivity contribution in [3.8, 4) is 0 Å². The molecular formula is C29H38FN3O5Si. The average Bonchev–Trinajstić information content (AvgIpc) is 3.23. The van der Waals surface area contributed by atoms with Crippen LogP contribution in [0.1, 0.15) is 52.2 Å². The molecule has 2 aromatic carbocycles. The van der Waals surface area contributed by atoms with Crippen LogP contribution in [-0.4, -0.2) is 60.0 Å². The van der Waals surface area contributed by atoms with Gasteiger partial charge in [-0.3, -0.25) is 9.78 Å². The van der Waals surface area contributed by atoms with Crippen molar-refractivity contribution < 1.29 is 18.8 Å². The number of H-pyrrole nitrogens is 2. The van der Waals surface area contributed by atoms with Crippen molar-refractivity contribution in [3.05, 3.63) is 93.3 Å². The lowest BCUT2D eigenvalue weighted by Crippen LogP contribution is -2.67. The predicted molar refractivity (Wildman–Crippen MR) is 151 cm³/mol. The van der Waals surface area contributed by atoms with Crippen LogP contribution in [0.2, 0.25) is 5.04 Å². The number of rotatable bonds is 10. The summed E-state index contributed by atoms with van der Waals surface area (Å²) < 4.78 is 29.2. The zero-order valence-corrected chi connectivity index (χ0v) is 23.9. The number of hydrogen-bond donors (Lipinski definition) is 3. The number of ether oxygens (including phenoxy) is 1. The number of hydroxylamine groups is 2. The van der Waals surface area contributed by atoms with Crippen LogP contribution in [-0.2, 0) is 9.16 Å². The second-order valence-electron chi connectivity index (χ2n) is 11.0. The van der Waals surface area contributed by atoms with E-state index < -0.39 is 44.0 Å². The van der Waals surface area contributed by atoms with Gasteiger partial charge >= 0.3 is 5.69 Å². The molecule has 3 N–H and O–H groups in total. The van der Waals surface area contributed by atoms with Gasteiger partial charge in [-0.15, -0.1) is 0 Å². The van der Waals surface area contributed by atoms with Gasteiger partial charge in [-0.1, -0.05) is 94.8 Å². The van der Waals surface area contributed by atoms with E-state index >= 15 is 4.39 Å². The number of benzene rings is 2. The van der Waals surface area contributed by atoms with Crippen LogP contribution in [0.15, 0.2) is 76.4 Å². The van der Waals surface area contributed by atoms with Gasteiger partial charge in [0, 0.05) is 12.7 Å². The molecule has 0 aliphatic carbocycles. The van der Waals surface area contributed by atoms with Gasteiger partial charge in [-0.05, 0) is 21.8 Å². The number of halogens is 1. The van der Waals surface area contributed by atoms with Gasteiger partial charge in [0.2, 0.25) is 0 Å². The fraction of sp³-hybridized carbons (Fsp3) is 0.448. The van der Waals surface area contributed by atoms with Crippen molar-refractivity contribution in [1.82, 2.24) is 15.0 Å². The number of nitrogens with zero attached hydrogens (tertiary/aromatic N) is 1. The largest absolute Gasteiger partial charge is 0.405 e. The first-order valence-electron chi connectivity index (χ1n) is 13.4. The molecule has 1 fully saturated rings. The first kappa shape index (κ1) is 29.1. The minimum absolute atomic E-state index is 0.000684. The molecule has 10 heteroatoms. The standard InChI is InChI=1S/C29H38FN3O5Si/c1-5-6-17-33(36)25-23(38-26(24(25)30)22-18-31-28(35)32-27(22)34)19-37-39(29(2,3)4,20-13-9-7-10-14-20)21-15-11-8-12-16-21/h7-16,18,23-26,36H,5-6,17,19H2,1-4H3,(H2,31,32,34,35)/t23-,24+,25-,26+/m1/s1. The van der Waals surface area contributed by atoms with Crippen molar-refractivity contribution in [1.29, 1.82) is 0 Å². The van der Waals surface area contributed by atoms with Crippen LogP contribution in [0, 0.1) is 0 Å². The molecule has 0 spiro atoms. The molecule has 1 saturated heterocycles. The minimum atomic E-state index is -2.97. The lowest BCUT2D eigenvalue weighted by molar-refractivity contribution is -0.154. The lowest BCUT2D eigenvalue weighted by Gasteiger charge is -2.44. The van der Waals surface area contributed by atoms with Gasteiger partial charge < -0.3 is 19.4 Å². The SMILES string of the molecule is CCCCN(O)[C@H]1[C@H](F)[C@H](c2c[nH]c(=O)[nH]c2=O)O[C@@H]1CO[Si](c1ccccc1)(c1ccccc1)C(C)(C)C. The van der Waals surface area contributed by atoms with Crippen molar-refractivity contribution in [2.75, 3.05) is 13.2 Å². The minimum Gasteiger partial charge on any atom is -0.405 e. The van der Waals surface area contributed by atoms with Crippen LogP contribution >= 0.6 is 0 Å².